The minimum atomic E-state index is -0.0538. The predicted molar refractivity (Wildman–Crippen MR) is 98.9 cm³/mol. The number of amides is 1. The Labute approximate surface area is 147 Å². The van der Waals surface area contributed by atoms with Gasteiger partial charge in [-0.05, 0) is 68.9 Å². The molecule has 0 spiro atoms. The molecule has 0 unspecified atom stereocenters. The summed E-state index contributed by atoms with van der Waals surface area (Å²) < 4.78 is 1.86. The molecule has 0 atom stereocenters. The molecule has 1 amide bonds. The molecule has 0 aliphatic carbocycles. The van der Waals surface area contributed by atoms with Gasteiger partial charge in [-0.3, -0.25) is 4.79 Å². The maximum Gasteiger partial charge on any atom is 0.252 e. The highest BCUT2D eigenvalue weighted by atomic mass is 127. The van der Waals surface area contributed by atoms with Crippen LogP contribution in [0.1, 0.15) is 10.4 Å². The Morgan fingerprint density at radius 1 is 1.24 bits per heavy atom. The van der Waals surface area contributed by atoms with Crippen LogP contribution in [0.4, 0.5) is 5.69 Å². The SMILES string of the molecule is CN(CCNC(=O)c1cc(I)ccc1Br)c1ccccc1. The molecule has 0 fully saturated rings. The zero-order valence-corrected chi connectivity index (χ0v) is 15.4. The minimum absolute atomic E-state index is 0.0538. The van der Waals surface area contributed by atoms with E-state index in [9.17, 15) is 4.79 Å². The molecular formula is C16H16BrIN2O. The van der Waals surface area contributed by atoms with E-state index in [4.69, 9.17) is 0 Å². The summed E-state index contributed by atoms with van der Waals surface area (Å²) in [6.07, 6.45) is 0. The maximum atomic E-state index is 12.2. The van der Waals surface area contributed by atoms with E-state index in [0.717, 1.165) is 20.3 Å². The van der Waals surface area contributed by atoms with Crippen molar-refractivity contribution in [1.29, 1.82) is 0 Å². The molecule has 5 heteroatoms. The Kier molecular flexibility index (Phi) is 6.05. The Morgan fingerprint density at radius 3 is 2.67 bits per heavy atom. The average Bonchev–Trinajstić information content (AvgIpc) is 2.50. The van der Waals surface area contributed by atoms with Gasteiger partial charge >= 0.3 is 0 Å². The summed E-state index contributed by atoms with van der Waals surface area (Å²) in [5.41, 5.74) is 1.81. The Bertz CT molecular complexity index is 619. The van der Waals surface area contributed by atoms with Gasteiger partial charge in [0.25, 0.3) is 5.91 Å². The van der Waals surface area contributed by atoms with Crippen LogP contribution in [-0.4, -0.2) is 26.0 Å². The van der Waals surface area contributed by atoms with Crippen molar-refractivity contribution in [2.45, 2.75) is 0 Å². The van der Waals surface area contributed by atoms with Gasteiger partial charge in [-0.2, -0.15) is 0 Å². The van der Waals surface area contributed by atoms with Crippen LogP contribution < -0.4 is 10.2 Å². The number of hydrogen-bond acceptors (Lipinski definition) is 2. The van der Waals surface area contributed by atoms with Crippen LogP contribution in [0.3, 0.4) is 0 Å². The first-order valence-electron chi connectivity index (χ1n) is 6.57. The Balaban J connectivity index is 1.88. The summed E-state index contributed by atoms with van der Waals surface area (Å²) in [7, 11) is 2.02. The smallest absolute Gasteiger partial charge is 0.252 e. The van der Waals surface area contributed by atoms with Crippen molar-refractivity contribution in [3.63, 3.8) is 0 Å². The zero-order valence-electron chi connectivity index (χ0n) is 11.6. The number of anilines is 1. The van der Waals surface area contributed by atoms with Crippen LogP contribution in [0.25, 0.3) is 0 Å². The summed E-state index contributed by atoms with van der Waals surface area (Å²) in [6.45, 7) is 1.36. The van der Waals surface area contributed by atoms with Crippen LogP contribution in [0.5, 0.6) is 0 Å². The Hall–Kier alpha value is -1.08. The number of rotatable bonds is 5. The molecule has 2 rings (SSSR count). The fourth-order valence-electron chi connectivity index (χ4n) is 1.92. The summed E-state index contributed by atoms with van der Waals surface area (Å²) in [5, 5.41) is 2.95. The molecule has 1 N–H and O–H groups in total. The number of hydrogen-bond donors (Lipinski definition) is 1. The molecule has 0 bridgehead atoms. The Morgan fingerprint density at radius 2 is 1.95 bits per heavy atom. The quantitative estimate of drug-likeness (QED) is 0.688. The lowest BCUT2D eigenvalue weighted by molar-refractivity contribution is 0.0954. The summed E-state index contributed by atoms with van der Waals surface area (Å²) in [6, 6.07) is 15.8. The molecule has 0 aliphatic heterocycles. The van der Waals surface area contributed by atoms with Crippen LogP contribution in [0.2, 0.25) is 0 Å². The molecule has 0 radical (unpaired) electrons. The molecule has 0 saturated carbocycles. The number of likely N-dealkylation sites (N-methyl/N-ethyl adjacent to an activating group) is 1. The fraction of sp³-hybridized carbons (Fsp3) is 0.188. The second-order valence-corrected chi connectivity index (χ2v) is 6.74. The first-order valence-corrected chi connectivity index (χ1v) is 8.44. The lowest BCUT2D eigenvalue weighted by atomic mass is 10.2. The number of carbonyl (C=O) groups excluding carboxylic acids is 1. The van der Waals surface area contributed by atoms with Gasteiger partial charge in [-0.1, -0.05) is 18.2 Å². The van der Waals surface area contributed by atoms with Crippen molar-refractivity contribution >= 4 is 50.1 Å². The number of halogens is 2. The third kappa shape index (κ3) is 4.71. The molecule has 110 valence electrons. The van der Waals surface area contributed by atoms with E-state index in [1.807, 2.05) is 43.4 Å². The van der Waals surface area contributed by atoms with E-state index in [-0.39, 0.29) is 5.91 Å². The average molecular weight is 459 g/mol. The van der Waals surface area contributed by atoms with E-state index in [0.29, 0.717) is 12.1 Å². The van der Waals surface area contributed by atoms with E-state index in [1.165, 1.54) is 0 Å². The standard InChI is InChI=1S/C16H16BrIN2O/c1-20(13-5-3-2-4-6-13)10-9-19-16(21)14-11-12(18)7-8-15(14)17/h2-8,11H,9-10H2,1H3,(H,19,21). The van der Waals surface area contributed by atoms with Crippen LogP contribution in [-0.2, 0) is 0 Å². The zero-order chi connectivity index (χ0) is 15.2. The first-order chi connectivity index (χ1) is 10.1. The third-order valence-electron chi connectivity index (χ3n) is 3.10. The first kappa shape index (κ1) is 16.3. The highest BCUT2D eigenvalue weighted by molar-refractivity contribution is 14.1. The van der Waals surface area contributed by atoms with Crippen LogP contribution in [0.15, 0.2) is 53.0 Å². The molecule has 0 aromatic heterocycles. The van der Waals surface area contributed by atoms with Crippen molar-refractivity contribution in [2.24, 2.45) is 0 Å². The highest BCUT2D eigenvalue weighted by Gasteiger charge is 2.10. The van der Waals surface area contributed by atoms with Gasteiger partial charge in [0.05, 0.1) is 5.56 Å². The van der Waals surface area contributed by atoms with Gasteiger partial charge in [0.15, 0.2) is 0 Å². The molecule has 0 saturated heterocycles. The van der Waals surface area contributed by atoms with E-state index >= 15 is 0 Å². The van der Waals surface area contributed by atoms with Crippen molar-refractivity contribution in [3.05, 3.63) is 62.1 Å². The van der Waals surface area contributed by atoms with E-state index in [2.05, 4.69) is 60.9 Å². The number of nitrogens with zero attached hydrogens (tertiary/aromatic N) is 1. The van der Waals surface area contributed by atoms with Gasteiger partial charge in [-0.25, -0.2) is 0 Å². The molecule has 21 heavy (non-hydrogen) atoms. The van der Waals surface area contributed by atoms with Gasteiger partial charge in [0, 0.05) is 33.9 Å². The van der Waals surface area contributed by atoms with Crippen molar-refractivity contribution in [2.75, 3.05) is 25.0 Å². The van der Waals surface area contributed by atoms with Crippen molar-refractivity contribution in [3.8, 4) is 0 Å². The molecule has 0 heterocycles. The van der Waals surface area contributed by atoms with Gasteiger partial charge in [0.1, 0.15) is 0 Å². The summed E-state index contributed by atoms with van der Waals surface area (Å²) in [4.78, 5) is 14.3. The third-order valence-corrected chi connectivity index (χ3v) is 4.47. The van der Waals surface area contributed by atoms with Gasteiger partial charge in [0.2, 0.25) is 0 Å². The molecule has 2 aromatic rings. The second-order valence-electron chi connectivity index (χ2n) is 4.64. The molecular weight excluding hydrogens is 443 g/mol. The lowest BCUT2D eigenvalue weighted by Gasteiger charge is -2.19. The monoisotopic (exact) mass is 458 g/mol. The second kappa shape index (κ2) is 7.79. The van der Waals surface area contributed by atoms with Crippen LogP contribution >= 0.6 is 38.5 Å². The highest BCUT2D eigenvalue weighted by Crippen LogP contribution is 2.19. The topological polar surface area (TPSA) is 32.3 Å². The number of para-hydroxylation sites is 1. The molecule has 0 aliphatic rings. The summed E-state index contributed by atoms with van der Waals surface area (Å²) >= 11 is 5.62. The van der Waals surface area contributed by atoms with Gasteiger partial charge < -0.3 is 10.2 Å². The summed E-state index contributed by atoms with van der Waals surface area (Å²) in [5.74, 6) is -0.0538. The molecule has 3 nitrogen and oxygen atoms in total. The van der Waals surface area contributed by atoms with Crippen molar-refractivity contribution in [1.82, 2.24) is 5.32 Å². The number of carbonyl (C=O) groups is 1. The largest absolute Gasteiger partial charge is 0.373 e. The fourth-order valence-corrected chi connectivity index (χ4v) is 2.83. The lowest BCUT2D eigenvalue weighted by Crippen LogP contribution is -2.33. The van der Waals surface area contributed by atoms with Crippen LogP contribution in [0, 0.1) is 3.57 Å². The van der Waals surface area contributed by atoms with E-state index in [1.54, 1.807) is 0 Å². The molecule has 2 aromatic carbocycles. The minimum Gasteiger partial charge on any atom is -0.373 e. The van der Waals surface area contributed by atoms with E-state index < -0.39 is 0 Å². The predicted octanol–water partition coefficient (Wildman–Crippen LogP) is 3.92. The normalized spacial score (nSPS) is 10.2. The maximum absolute atomic E-state index is 12.2. The van der Waals surface area contributed by atoms with Crippen molar-refractivity contribution < 1.29 is 4.79 Å². The number of benzene rings is 2. The van der Waals surface area contributed by atoms with Gasteiger partial charge in [-0.15, -0.1) is 0 Å². The number of nitrogens with one attached hydrogen (secondary N) is 1.